The third kappa shape index (κ3) is 9.49. The fourth-order valence-corrected chi connectivity index (χ4v) is 1.85. The molecule has 23 heavy (non-hydrogen) atoms. The number of aliphatic hydroxyl groups is 1. The zero-order valence-electron chi connectivity index (χ0n) is 14.2. The van der Waals surface area contributed by atoms with E-state index in [-0.39, 0.29) is 7.43 Å². The Labute approximate surface area is 142 Å². The van der Waals surface area contributed by atoms with E-state index in [0.717, 1.165) is 13.5 Å². The van der Waals surface area contributed by atoms with Crippen molar-refractivity contribution in [2.24, 2.45) is 0 Å². The van der Waals surface area contributed by atoms with Crippen molar-refractivity contribution in [2.75, 3.05) is 7.11 Å². The van der Waals surface area contributed by atoms with Crippen LogP contribution in [-0.4, -0.2) is 12.2 Å². The van der Waals surface area contributed by atoms with Gasteiger partial charge in [0.25, 0.3) is 0 Å². The molecule has 0 saturated carbocycles. The minimum atomic E-state index is 0. The molecule has 0 aliphatic rings. The summed E-state index contributed by atoms with van der Waals surface area (Å²) in [5, 5.41) is 9.62. The molecule has 126 valence electrons. The summed E-state index contributed by atoms with van der Waals surface area (Å²) in [6, 6.07) is 27.2. The second-order valence-corrected chi connectivity index (χ2v) is 4.19. The zero-order chi connectivity index (χ0) is 16.6. The van der Waals surface area contributed by atoms with Crippen molar-refractivity contribution in [3.05, 3.63) is 84.4 Å². The summed E-state index contributed by atoms with van der Waals surface area (Å²) in [6.07, 6.45) is 1.14. The van der Waals surface area contributed by atoms with E-state index < -0.39 is 0 Å². The number of benzene rings is 3. The third-order valence-electron chi connectivity index (χ3n) is 2.91. The Hall–Kier alpha value is -2.12. The smallest absolute Gasteiger partial charge is 0.0319 e. The first-order valence-electron chi connectivity index (χ1n) is 7.82. The summed E-state index contributed by atoms with van der Waals surface area (Å²) in [6.45, 7) is 6.16. The maximum atomic E-state index is 7.00. The van der Waals surface area contributed by atoms with Crippen molar-refractivity contribution in [1.29, 1.82) is 0 Å². The number of rotatable bonds is 1. The molecule has 0 fully saturated rings. The molecule has 0 bridgehead atoms. The Morgan fingerprint density at radius 1 is 0.609 bits per heavy atom. The first kappa shape index (κ1) is 23.2. The lowest BCUT2D eigenvalue weighted by Gasteiger charge is -1.92. The minimum Gasteiger partial charge on any atom is -0.400 e. The van der Waals surface area contributed by atoms with Gasteiger partial charge in [-0.2, -0.15) is 0 Å². The number of aliphatic hydroxyl groups excluding tert-OH is 1. The molecule has 0 spiro atoms. The molecule has 0 atom stereocenters. The first-order valence-corrected chi connectivity index (χ1v) is 7.82. The van der Waals surface area contributed by atoms with E-state index in [1.54, 1.807) is 0 Å². The molecule has 0 saturated heterocycles. The van der Waals surface area contributed by atoms with Crippen molar-refractivity contribution < 1.29 is 5.11 Å². The van der Waals surface area contributed by atoms with Crippen LogP contribution in [0.5, 0.6) is 0 Å². The molecule has 0 unspecified atom stereocenters. The molecule has 0 radical (unpaired) electrons. The van der Waals surface area contributed by atoms with Crippen molar-refractivity contribution in [1.82, 2.24) is 0 Å². The molecule has 1 heteroatoms. The highest BCUT2D eigenvalue weighted by atomic mass is 16.2. The highest BCUT2D eigenvalue weighted by Crippen LogP contribution is 2.11. The lowest BCUT2D eigenvalue weighted by Crippen LogP contribution is -1.73. The molecule has 0 aliphatic carbocycles. The van der Waals surface area contributed by atoms with Gasteiger partial charge in [-0.3, -0.25) is 0 Å². The van der Waals surface area contributed by atoms with Crippen molar-refractivity contribution in [2.45, 2.75) is 34.6 Å². The molecule has 3 aromatic rings. The van der Waals surface area contributed by atoms with Gasteiger partial charge < -0.3 is 5.11 Å². The fraction of sp³-hybridized carbons (Fsp3) is 0.273. The number of hydrogen-bond donors (Lipinski definition) is 1. The SMILES string of the molecule is C.CC.CCc1ccccc1.CO.c1ccc2ccccc2c1. The summed E-state index contributed by atoms with van der Waals surface area (Å²) in [5.41, 5.74) is 1.41. The molecule has 0 amide bonds. The van der Waals surface area contributed by atoms with Crippen LogP contribution in [0.25, 0.3) is 10.8 Å². The Morgan fingerprint density at radius 2 is 0.913 bits per heavy atom. The summed E-state index contributed by atoms with van der Waals surface area (Å²) >= 11 is 0. The summed E-state index contributed by atoms with van der Waals surface area (Å²) in [4.78, 5) is 0. The average molecular weight is 312 g/mol. The summed E-state index contributed by atoms with van der Waals surface area (Å²) < 4.78 is 0. The number of fused-ring (bicyclic) bond motifs is 1. The molecule has 1 nitrogen and oxygen atoms in total. The second-order valence-electron chi connectivity index (χ2n) is 4.19. The van der Waals surface area contributed by atoms with E-state index in [9.17, 15) is 0 Å². The van der Waals surface area contributed by atoms with E-state index in [1.165, 1.54) is 16.3 Å². The molecule has 3 aromatic carbocycles. The quantitative estimate of drug-likeness (QED) is 0.554. The van der Waals surface area contributed by atoms with Gasteiger partial charge in [-0.25, -0.2) is 0 Å². The molecular formula is C22H32O. The van der Waals surface area contributed by atoms with Crippen LogP contribution in [0.3, 0.4) is 0 Å². The van der Waals surface area contributed by atoms with Gasteiger partial charge in [-0.1, -0.05) is 107 Å². The maximum Gasteiger partial charge on any atom is 0.0319 e. The maximum absolute atomic E-state index is 7.00. The van der Waals surface area contributed by atoms with Gasteiger partial charge in [0.1, 0.15) is 0 Å². The highest BCUT2D eigenvalue weighted by molar-refractivity contribution is 5.81. The van der Waals surface area contributed by atoms with Crippen molar-refractivity contribution in [3.63, 3.8) is 0 Å². The van der Waals surface area contributed by atoms with Gasteiger partial charge in [-0.05, 0) is 22.8 Å². The van der Waals surface area contributed by atoms with Gasteiger partial charge in [0, 0.05) is 7.11 Å². The van der Waals surface area contributed by atoms with Gasteiger partial charge in [0.05, 0.1) is 0 Å². The molecule has 0 aliphatic heterocycles. The van der Waals surface area contributed by atoms with E-state index in [2.05, 4.69) is 79.7 Å². The lowest BCUT2D eigenvalue weighted by atomic mass is 10.1. The van der Waals surface area contributed by atoms with Crippen LogP contribution in [0.1, 0.15) is 33.8 Å². The fourth-order valence-electron chi connectivity index (χ4n) is 1.85. The van der Waals surface area contributed by atoms with Crippen LogP contribution in [-0.2, 0) is 6.42 Å². The lowest BCUT2D eigenvalue weighted by molar-refractivity contribution is 0.399. The average Bonchev–Trinajstić information content (AvgIpc) is 2.66. The Morgan fingerprint density at radius 3 is 1.17 bits per heavy atom. The molecule has 0 aromatic heterocycles. The molecule has 3 rings (SSSR count). The molecule has 1 N–H and O–H groups in total. The van der Waals surface area contributed by atoms with Crippen LogP contribution in [0.2, 0.25) is 0 Å². The van der Waals surface area contributed by atoms with E-state index in [1.807, 2.05) is 19.9 Å². The van der Waals surface area contributed by atoms with Crippen LogP contribution in [0.15, 0.2) is 78.9 Å². The minimum absolute atomic E-state index is 0. The Bertz CT molecular complexity index is 522. The van der Waals surface area contributed by atoms with Crippen molar-refractivity contribution >= 4 is 10.8 Å². The van der Waals surface area contributed by atoms with Crippen LogP contribution in [0, 0.1) is 0 Å². The van der Waals surface area contributed by atoms with Gasteiger partial charge >= 0.3 is 0 Å². The van der Waals surface area contributed by atoms with Crippen LogP contribution >= 0.6 is 0 Å². The van der Waals surface area contributed by atoms with Crippen LogP contribution in [0.4, 0.5) is 0 Å². The van der Waals surface area contributed by atoms with E-state index in [0.29, 0.717) is 0 Å². The summed E-state index contributed by atoms with van der Waals surface area (Å²) in [7, 11) is 1.00. The van der Waals surface area contributed by atoms with Crippen molar-refractivity contribution in [3.8, 4) is 0 Å². The topological polar surface area (TPSA) is 20.2 Å². The Kier molecular flexibility index (Phi) is 16.4. The molecular weight excluding hydrogens is 280 g/mol. The van der Waals surface area contributed by atoms with E-state index in [4.69, 9.17) is 5.11 Å². The normalized spacial score (nSPS) is 8.04. The number of hydrogen-bond acceptors (Lipinski definition) is 1. The molecule has 0 heterocycles. The zero-order valence-corrected chi connectivity index (χ0v) is 14.2. The summed E-state index contributed by atoms with van der Waals surface area (Å²) in [5.74, 6) is 0. The van der Waals surface area contributed by atoms with Crippen LogP contribution < -0.4 is 0 Å². The largest absolute Gasteiger partial charge is 0.400 e. The predicted molar refractivity (Wildman–Crippen MR) is 106 cm³/mol. The monoisotopic (exact) mass is 312 g/mol. The van der Waals surface area contributed by atoms with E-state index >= 15 is 0 Å². The standard InChI is InChI=1S/C10H8.C8H10.C2H6.CH4O.CH4/c1-2-6-10-8-4-3-7-9(10)5-1;1-2-8-6-4-3-5-7-8;2*1-2;/h1-8H;3-7H,2H2,1H3;1-2H3;2H,1H3;1H4. The predicted octanol–water partition coefficient (Wildman–Crippen LogP) is 6.36. The third-order valence-corrected chi connectivity index (χ3v) is 2.91. The number of aryl methyl sites for hydroxylation is 1. The Balaban J connectivity index is 0. The van der Waals surface area contributed by atoms with Gasteiger partial charge in [-0.15, -0.1) is 0 Å². The second kappa shape index (κ2) is 16.3. The van der Waals surface area contributed by atoms with Gasteiger partial charge in [0.15, 0.2) is 0 Å². The first-order chi connectivity index (χ1) is 10.9. The van der Waals surface area contributed by atoms with Gasteiger partial charge in [0.2, 0.25) is 0 Å². The highest BCUT2D eigenvalue weighted by Gasteiger charge is 1.85.